The second-order valence-electron chi connectivity index (χ2n) is 9.62. The van der Waals surface area contributed by atoms with E-state index in [9.17, 15) is 37.8 Å². The van der Waals surface area contributed by atoms with E-state index in [1.807, 2.05) is 6.07 Å². The van der Waals surface area contributed by atoms with Crippen molar-refractivity contribution >= 4 is 23.6 Å². The first kappa shape index (κ1) is 33.5. The minimum absolute atomic E-state index is 0.00380. The van der Waals surface area contributed by atoms with E-state index in [0.29, 0.717) is 22.3 Å². The summed E-state index contributed by atoms with van der Waals surface area (Å²) in [6.45, 7) is 0. The molecule has 0 saturated carbocycles. The van der Waals surface area contributed by atoms with Crippen molar-refractivity contribution in [3.05, 3.63) is 162 Å². The van der Waals surface area contributed by atoms with Gasteiger partial charge in [-0.2, -0.15) is 0 Å². The number of benzene rings is 3. The Labute approximate surface area is 266 Å². The molecule has 13 heteroatoms. The predicted octanol–water partition coefficient (Wildman–Crippen LogP) is 2.59. The van der Waals surface area contributed by atoms with E-state index in [4.69, 9.17) is 0 Å². The van der Waals surface area contributed by atoms with Gasteiger partial charge in [-0.05, 0) is 46.1 Å². The van der Waals surface area contributed by atoms with Crippen molar-refractivity contribution in [2.75, 3.05) is 5.43 Å². The van der Waals surface area contributed by atoms with Gasteiger partial charge in [0.05, 0.1) is 11.9 Å². The Balaban J connectivity index is 0.000000238. The van der Waals surface area contributed by atoms with Gasteiger partial charge in [0.15, 0.2) is 18.2 Å². The minimum atomic E-state index is -4.76. The Bertz CT molecular complexity index is 1830. The van der Waals surface area contributed by atoms with Gasteiger partial charge in [0.25, 0.3) is 0 Å². The molecule has 0 unspecified atom stereocenters. The first-order valence-electron chi connectivity index (χ1n) is 13.8. The zero-order chi connectivity index (χ0) is 33.8. The van der Waals surface area contributed by atoms with Crippen molar-refractivity contribution in [2.24, 2.45) is 5.10 Å². The van der Waals surface area contributed by atoms with Gasteiger partial charge in [-0.1, -0.05) is 70.0 Å². The molecular formula is C34H25F3N4O6. The number of aromatic carboxylic acids is 1. The van der Waals surface area contributed by atoms with Crippen LogP contribution in [0, 0.1) is 0 Å². The van der Waals surface area contributed by atoms with Crippen molar-refractivity contribution in [3.8, 4) is 5.75 Å². The van der Waals surface area contributed by atoms with E-state index in [1.54, 1.807) is 55.1 Å². The Morgan fingerprint density at radius 3 is 1.74 bits per heavy atom. The van der Waals surface area contributed by atoms with Crippen LogP contribution in [-0.2, 0) is 6.42 Å². The molecule has 0 radical (unpaired) electrons. The topological polar surface area (TPSA) is 139 Å². The molecular weight excluding hydrogens is 617 g/mol. The molecule has 2 heterocycles. The molecule has 2 aromatic heterocycles. The average Bonchev–Trinajstić information content (AvgIpc) is 3.06. The maximum Gasteiger partial charge on any atom is 0.573 e. The number of halogens is 3. The van der Waals surface area contributed by atoms with Gasteiger partial charge >= 0.3 is 12.3 Å². The van der Waals surface area contributed by atoms with Gasteiger partial charge in [0.1, 0.15) is 5.75 Å². The molecule has 5 rings (SSSR count). The molecule has 0 aliphatic carbocycles. The number of aromatic nitrogens is 2. The molecule has 1 N–H and O–H groups in total. The number of rotatable bonds is 9. The number of pyridine rings is 2. The number of ketones is 1. The van der Waals surface area contributed by atoms with Crippen LogP contribution in [0.1, 0.15) is 42.2 Å². The normalized spacial score (nSPS) is 11.1. The van der Waals surface area contributed by atoms with E-state index in [0.717, 1.165) is 12.1 Å². The number of hydrogen-bond donors (Lipinski definition) is 1. The summed E-state index contributed by atoms with van der Waals surface area (Å²) < 4.78 is 43.2. The molecule has 0 aliphatic heterocycles. The van der Waals surface area contributed by atoms with Crippen molar-refractivity contribution in [2.45, 2.75) is 12.8 Å². The van der Waals surface area contributed by atoms with Crippen LogP contribution in [-0.4, -0.2) is 29.9 Å². The third kappa shape index (κ3) is 10.6. The smallest absolute Gasteiger partial charge is 0.573 e. The molecule has 0 aliphatic rings. The molecule has 5 aromatic rings. The fourth-order valence-electron chi connectivity index (χ4n) is 3.93. The van der Waals surface area contributed by atoms with Crippen molar-refractivity contribution < 1.29 is 51.9 Å². The van der Waals surface area contributed by atoms with Gasteiger partial charge in [-0.3, -0.25) is 9.59 Å². The molecule has 238 valence electrons. The van der Waals surface area contributed by atoms with Gasteiger partial charge in [-0.15, -0.1) is 18.6 Å². The number of carboxylic acid groups (broad SMARTS) is 1. The maximum atomic E-state index is 12.4. The first-order chi connectivity index (χ1) is 22.5. The van der Waals surface area contributed by atoms with E-state index in [2.05, 4.69) is 15.3 Å². The first-order valence-corrected chi connectivity index (χ1v) is 13.8. The van der Waals surface area contributed by atoms with Crippen LogP contribution in [0.4, 0.5) is 13.2 Å². The summed E-state index contributed by atoms with van der Waals surface area (Å²) in [5.41, 5.74) is 4.28. The molecule has 0 spiro atoms. The Kier molecular flexibility index (Phi) is 11.1. The highest BCUT2D eigenvalue weighted by atomic mass is 19.4. The maximum absolute atomic E-state index is 12.4. The lowest BCUT2D eigenvalue weighted by Gasteiger charge is -2.09. The summed E-state index contributed by atoms with van der Waals surface area (Å²) in [7, 11) is 0. The standard InChI is InChI=1S/C21H15F3N2O3.C13H10N2O3/c22-21(23,24)29-18-10-4-15(5-11-18)14-19(27)16-6-8-17(9-7-16)20(28)25-26-12-2-1-3-13-26;16-12(14-15-8-2-1-3-9-15)10-4-6-11(7-5-10)13(17)18/h1-13H,14H2;1-9H,(H-,14,16,17,18). The fourth-order valence-corrected chi connectivity index (χ4v) is 3.93. The highest BCUT2D eigenvalue weighted by Crippen LogP contribution is 2.23. The van der Waals surface area contributed by atoms with E-state index in [-0.39, 0.29) is 29.4 Å². The van der Waals surface area contributed by atoms with Crippen LogP contribution in [0.2, 0.25) is 0 Å². The quantitative estimate of drug-likeness (QED) is 0.114. The summed E-state index contributed by atoms with van der Waals surface area (Å²) in [5.74, 6) is -2.63. The SMILES string of the molecule is O=C(Cc1ccc(OC(F)(F)F)cc1)c1ccc(C([O-])=N[n+]2ccccc2)cc1.O=C([O-])c1ccc(C(=O)N[n+]2ccccc2)cc1. The molecule has 1 amide bonds. The number of ether oxygens (including phenoxy) is 1. The predicted molar refractivity (Wildman–Crippen MR) is 157 cm³/mol. The number of carbonyl (C=O) groups excluding carboxylic acids is 3. The summed E-state index contributed by atoms with van der Waals surface area (Å²) in [5, 5.41) is 26.6. The minimum Gasteiger partial charge on any atom is -0.854 e. The Morgan fingerprint density at radius 1 is 0.681 bits per heavy atom. The van der Waals surface area contributed by atoms with Gasteiger partial charge in [0.2, 0.25) is 12.4 Å². The van der Waals surface area contributed by atoms with Crippen LogP contribution in [0.5, 0.6) is 5.75 Å². The van der Waals surface area contributed by atoms with Crippen LogP contribution in [0.15, 0.2) is 139 Å². The monoisotopic (exact) mass is 642 g/mol. The fraction of sp³-hybridized carbons (Fsp3) is 0.0588. The van der Waals surface area contributed by atoms with E-state index in [1.165, 1.54) is 70.0 Å². The molecule has 10 nitrogen and oxygen atoms in total. The lowest BCUT2D eigenvalue weighted by molar-refractivity contribution is -0.681. The zero-order valence-corrected chi connectivity index (χ0v) is 24.3. The van der Waals surface area contributed by atoms with Crippen LogP contribution >= 0.6 is 0 Å². The van der Waals surface area contributed by atoms with Crippen LogP contribution in [0.25, 0.3) is 0 Å². The second-order valence-corrected chi connectivity index (χ2v) is 9.62. The molecule has 0 bridgehead atoms. The number of amides is 1. The lowest BCUT2D eigenvalue weighted by Crippen LogP contribution is -2.47. The van der Waals surface area contributed by atoms with E-state index >= 15 is 0 Å². The van der Waals surface area contributed by atoms with Gasteiger partial charge < -0.3 is 19.7 Å². The number of carboxylic acids is 1. The summed E-state index contributed by atoms with van der Waals surface area (Å²) in [4.78, 5) is 34.7. The molecule has 0 saturated heterocycles. The highest BCUT2D eigenvalue weighted by molar-refractivity contribution is 6.00. The summed E-state index contributed by atoms with van der Waals surface area (Å²) in [6, 6.07) is 27.3. The third-order valence-corrected chi connectivity index (χ3v) is 6.21. The largest absolute Gasteiger partial charge is 0.854 e. The van der Waals surface area contributed by atoms with Crippen LogP contribution < -0.4 is 29.7 Å². The molecule has 0 atom stereocenters. The van der Waals surface area contributed by atoms with E-state index < -0.39 is 18.2 Å². The van der Waals surface area contributed by atoms with Crippen LogP contribution in [0.3, 0.4) is 0 Å². The Hall–Kier alpha value is -6.37. The van der Waals surface area contributed by atoms with Gasteiger partial charge in [-0.25, -0.2) is 0 Å². The summed E-state index contributed by atoms with van der Waals surface area (Å²) in [6.07, 6.45) is 1.87. The summed E-state index contributed by atoms with van der Waals surface area (Å²) >= 11 is 0. The molecule has 3 aromatic carbocycles. The Morgan fingerprint density at radius 2 is 1.19 bits per heavy atom. The number of Topliss-reactive ketones (excluding diaryl/α,β-unsaturated/α-hetero) is 1. The number of alkyl halides is 3. The number of carbonyl (C=O) groups is 3. The third-order valence-electron chi connectivity index (χ3n) is 6.21. The average molecular weight is 643 g/mol. The van der Waals surface area contributed by atoms with Crippen molar-refractivity contribution in [1.82, 2.24) is 0 Å². The number of hydrogen-bond acceptors (Lipinski definition) is 7. The van der Waals surface area contributed by atoms with Gasteiger partial charge in [0, 0.05) is 41.8 Å². The molecule has 0 fully saturated rings. The molecule has 47 heavy (non-hydrogen) atoms. The second kappa shape index (κ2) is 15.6. The zero-order valence-electron chi connectivity index (χ0n) is 24.3. The number of nitrogens with one attached hydrogen (secondary N) is 1. The number of nitrogens with zero attached hydrogens (tertiary/aromatic N) is 3. The van der Waals surface area contributed by atoms with Crippen molar-refractivity contribution in [3.63, 3.8) is 0 Å². The van der Waals surface area contributed by atoms with Crippen molar-refractivity contribution in [1.29, 1.82) is 0 Å². The highest BCUT2D eigenvalue weighted by Gasteiger charge is 2.31. The lowest BCUT2D eigenvalue weighted by atomic mass is 10.0.